The summed E-state index contributed by atoms with van der Waals surface area (Å²) in [4.78, 5) is 1.23. The van der Waals surface area contributed by atoms with Crippen molar-refractivity contribution in [3.8, 4) is 22.6 Å². The third kappa shape index (κ3) is 3.42. The molecule has 0 spiro atoms. The van der Waals surface area contributed by atoms with Crippen molar-refractivity contribution in [1.82, 2.24) is 0 Å². The van der Waals surface area contributed by atoms with Gasteiger partial charge in [-0.25, -0.2) is 0 Å². The molecular weight excluding hydrogens is 296 g/mol. The van der Waals surface area contributed by atoms with E-state index in [0.29, 0.717) is 9.79 Å². The molecule has 0 amide bonds. The molecule has 0 saturated carbocycles. The van der Waals surface area contributed by atoms with Crippen LogP contribution in [-0.2, 0) is 11.2 Å². The lowest BCUT2D eigenvalue weighted by molar-refractivity contribution is 0.474. The molecule has 0 atom stereocenters. The van der Waals surface area contributed by atoms with Gasteiger partial charge >= 0.3 is 0 Å². The summed E-state index contributed by atoms with van der Waals surface area (Å²) in [7, 11) is 0. The van der Waals surface area contributed by atoms with Crippen molar-refractivity contribution >= 4 is 11.2 Å². The maximum Gasteiger partial charge on any atom is 0.158 e. The van der Waals surface area contributed by atoms with E-state index < -0.39 is 11.2 Å². The van der Waals surface area contributed by atoms with Gasteiger partial charge in [0.1, 0.15) is 11.5 Å². The molecule has 2 aliphatic rings. The molecule has 0 radical (unpaired) electrons. The Bertz CT molecular complexity index is 704. The van der Waals surface area contributed by atoms with Crippen LogP contribution < -0.4 is 0 Å². The minimum absolute atomic E-state index is 0.145. The second-order valence-electron chi connectivity index (χ2n) is 4.84. The molecule has 3 nitrogen and oxygen atoms in total. The standard InChI is InChI=1S/C12H10O3S.C6H4/c13-9-1-5-11(6-2-9)16(15)12-7-3-10(14)4-8-12;1-2-5-4-6(5)3-1/h1-8,13-14H;1-4H. The van der Waals surface area contributed by atoms with Crippen LogP contribution in [0, 0.1) is 0 Å². The first-order valence-electron chi connectivity index (χ1n) is 6.74. The van der Waals surface area contributed by atoms with Crippen molar-refractivity contribution < 1.29 is 14.8 Å². The Morgan fingerprint density at radius 3 is 1.32 bits per heavy atom. The number of hydrogen-bond donors (Lipinski definition) is 2. The van der Waals surface area contributed by atoms with Crippen LogP contribution in [0.15, 0.2) is 82.6 Å². The molecule has 22 heavy (non-hydrogen) atoms. The average molecular weight is 310 g/mol. The van der Waals surface area contributed by atoms with Crippen LogP contribution in [0.1, 0.15) is 0 Å². The van der Waals surface area contributed by atoms with Crippen molar-refractivity contribution in [1.29, 1.82) is 0 Å². The normalized spacial score (nSPS) is 10.8. The first-order chi connectivity index (χ1) is 10.6. The van der Waals surface area contributed by atoms with E-state index in [0.717, 1.165) is 0 Å². The number of rotatable bonds is 2. The largest absolute Gasteiger partial charge is 0.606 e. The fraction of sp³-hybridized carbons (Fsp3) is 0. The van der Waals surface area contributed by atoms with E-state index in [1.54, 1.807) is 24.3 Å². The summed E-state index contributed by atoms with van der Waals surface area (Å²) < 4.78 is 12.0. The highest BCUT2D eigenvalue weighted by molar-refractivity contribution is 7.91. The van der Waals surface area contributed by atoms with E-state index in [2.05, 4.69) is 24.3 Å². The van der Waals surface area contributed by atoms with E-state index in [4.69, 9.17) is 10.2 Å². The summed E-state index contributed by atoms with van der Waals surface area (Å²) in [5.41, 5.74) is 2.85. The zero-order valence-electron chi connectivity index (χ0n) is 11.6. The number of phenolic OH excluding ortho intramolecular Hbond substituents is 2. The first-order valence-corrected chi connectivity index (χ1v) is 7.89. The van der Waals surface area contributed by atoms with Gasteiger partial charge in [0.2, 0.25) is 0 Å². The molecule has 0 unspecified atom stereocenters. The first kappa shape index (κ1) is 14.5. The lowest BCUT2D eigenvalue weighted by Crippen LogP contribution is -2.01. The Morgan fingerprint density at radius 2 is 1.05 bits per heavy atom. The Labute approximate surface area is 131 Å². The van der Waals surface area contributed by atoms with Crippen LogP contribution in [0.3, 0.4) is 0 Å². The van der Waals surface area contributed by atoms with Gasteiger partial charge in [0.05, 0.1) is 0 Å². The Balaban J connectivity index is 0.000000196. The van der Waals surface area contributed by atoms with Crippen molar-refractivity contribution in [3.63, 3.8) is 0 Å². The predicted molar refractivity (Wildman–Crippen MR) is 86.3 cm³/mol. The summed E-state index contributed by atoms with van der Waals surface area (Å²) in [6.07, 6.45) is 0. The van der Waals surface area contributed by atoms with Crippen molar-refractivity contribution in [3.05, 3.63) is 72.8 Å². The topological polar surface area (TPSA) is 63.5 Å². The fourth-order valence-electron chi connectivity index (χ4n) is 1.95. The molecule has 0 bridgehead atoms. The number of aromatic hydroxyl groups is 2. The zero-order valence-corrected chi connectivity index (χ0v) is 12.5. The third-order valence-corrected chi connectivity index (χ3v) is 4.61. The minimum Gasteiger partial charge on any atom is -0.606 e. The highest BCUT2D eigenvalue weighted by Gasteiger charge is 2.14. The van der Waals surface area contributed by atoms with E-state index in [1.807, 2.05) is 0 Å². The van der Waals surface area contributed by atoms with E-state index in [9.17, 15) is 4.55 Å². The van der Waals surface area contributed by atoms with E-state index >= 15 is 0 Å². The number of hydrogen-bond acceptors (Lipinski definition) is 3. The Kier molecular flexibility index (Phi) is 4.04. The van der Waals surface area contributed by atoms with Crippen molar-refractivity contribution in [2.45, 2.75) is 9.79 Å². The molecule has 0 fully saturated rings. The molecule has 2 aromatic carbocycles. The summed E-state index contributed by atoms with van der Waals surface area (Å²) in [5, 5.41) is 18.2. The molecule has 0 saturated heterocycles. The highest BCUT2D eigenvalue weighted by atomic mass is 32.2. The Hall–Kier alpha value is -2.43. The minimum atomic E-state index is -1.29. The number of phenols is 2. The molecular formula is C18H14O3S. The van der Waals surface area contributed by atoms with Gasteiger partial charge in [-0.15, -0.1) is 0 Å². The smallest absolute Gasteiger partial charge is 0.158 e. The van der Waals surface area contributed by atoms with Crippen LogP contribution in [0.25, 0.3) is 11.1 Å². The van der Waals surface area contributed by atoms with Gasteiger partial charge in [-0.2, -0.15) is 0 Å². The summed E-state index contributed by atoms with van der Waals surface area (Å²) >= 11 is -1.29. The van der Waals surface area contributed by atoms with Crippen LogP contribution in [0.5, 0.6) is 11.5 Å². The van der Waals surface area contributed by atoms with Crippen LogP contribution in [0.2, 0.25) is 0 Å². The summed E-state index contributed by atoms with van der Waals surface area (Å²) in [6, 6.07) is 20.9. The van der Waals surface area contributed by atoms with Gasteiger partial charge in [0.15, 0.2) is 9.79 Å². The second-order valence-corrected chi connectivity index (χ2v) is 6.32. The van der Waals surface area contributed by atoms with Gasteiger partial charge in [-0.1, -0.05) is 18.2 Å². The predicted octanol–water partition coefficient (Wildman–Crippen LogP) is 3.93. The summed E-state index contributed by atoms with van der Waals surface area (Å²) in [6.45, 7) is 0. The zero-order chi connectivity index (χ0) is 15.5. The number of benzene rings is 3. The maximum atomic E-state index is 12.0. The second kappa shape index (κ2) is 6.13. The van der Waals surface area contributed by atoms with Crippen LogP contribution in [-0.4, -0.2) is 14.8 Å². The molecule has 4 heteroatoms. The quantitative estimate of drug-likeness (QED) is 0.551. The molecule has 0 heterocycles. The van der Waals surface area contributed by atoms with Gasteiger partial charge in [-0.05, 0) is 65.7 Å². The molecule has 4 rings (SSSR count). The Morgan fingerprint density at radius 1 is 0.636 bits per heavy atom. The highest BCUT2D eigenvalue weighted by Crippen LogP contribution is 2.32. The lowest BCUT2D eigenvalue weighted by atomic mass is 10.3. The van der Waals surface area contributed by atoms with Gasteiger partial charge in [0, 0.05) is 11.2 Å². The van der Waals surface area contributed by atoms with Crippen LogP contribution in [0.4, 0.5) is 0 Å². The summed E-state index contributed by atoms with van der Waals surface area (Å²) in [5.74, 6) is 0.290. The molecule has 2 aliphatic carbocycles. The van der Waals surface area contributed by atoms with Crippen LogP contribution >= 0.6 is 0 Å². The third-order valence-electron chi connectivity index (χ3n) is 3.21. The molecule has 0 aromatic heterocycles. The van der Waals surface area contributed by atoms with E-state index in [1.165, 1.54) is 35.4 Å². The van der Waals surface area contributed by atoms with Crippen molar-refractivity contribution in [2.75, 3.05) is 0 Å². The molecule has 0 aliphatic heterocycles. The van der Waals surface area contributed by atoms with E-state index in [-0.39, 0.29) is 11.5 Å². The SMILES string of the molecule is [O-][S+](c1ccc(O)cc1)c1ccc(O)cc1.c1cc2cc-2c1. The van der Waals surface area contributed by atoms with Gasteiger partial charge in [-0.3, -0.25) is 0 Å². The van der Waals surface area contributed by atoms with Gasteiger partial charge in [0.25, 0.3) is 0 Å². The lowest BCUT2D eigenvalue weighted by Gasteiger charge is -2.09. The monoisotopic (exact) mass is 310 g/mol. The fourth-order valence-corrected chi connectivity index (χ4v) is 2.99. The average Bonchev–Trinajstić information content (AvgIpc) is 3.14. The molecule has 2 N–H and O–H groups in total. The molecule has 110 valence electrons. The number of fused-ring (bicyclic) bond motifs is 1. The van der Waals surface area contributed by atoms with Crippen molar-refractivity contribution in [2.24, 2.45) is 0 Å². The van der Waals surface area contributed by atoms with Gasteiger partial charge < -0.3 is 14.8 Å². The maximum absolute atomic E-state index is 12.0. The molecule has 2 aromatic rings.